The third-order valence-electron chi connectivity index (χ3n) is 1.67. The minimum atomic E-state index is 0.546. The van der Waals surface area contributed by atoms with Crippen molar-refractivity contribution in [1.29, 1.82) is 0 Å². The lowest BCUT2D eigenvalue weighted by molar-refractivity contribution is 1.28. The van der Waals surface area contributed by atoms with Gasteiger partial charge in [0.05, 0.1) is 21.8 Å². The lowest BCUT2D eigenvalue weighted by atomic mass is 10.2. The molecule has 0 amide bonds. The van der Waals surface area contributed by atoms with Crippen molar-refractivity contribution in [3.63, 3.8) is 0 Å². The summed E-state index contributed by atoms with van der Waals surface area (Å²) in [5.74, 6) is 0. The Balaban J connectivity index is 2.68. The standard InChI is InChI=1S/C8H4Cl2N2S2/c9-4-2-1-3-5(10)6(4)7-8(13)12-14-11-7/h1-3H,(H,12,13). The van der Waals surface area contributed by atoms with E-state index in [2.05, 4.69) is 21.4 Å². The first-order valence-electron chi connectivity index (χ1n) is 3.66. The summed E-state index contributed by atoms with van der Waals surface area (Å²) in [5, 5.41) is 1.66. The van der Waals surface area contributed by atoms with E-state index in [-0.39, 0.29) is 0 Å². The van der Waals surface area contributed by atoms with Crippen LogP contribution in [0.15, 0.2) is 23.2 Å². The van der Waals surface area contributed by atoms with Crippen molar-refractivity contribution < 1.29 is 0 Å². The molecule has 2 nitrogen and oxygen atoms in total. The Morgan fingerprint density at radius 1 is 1.14 bits per heavy atom. The summed E-state index contributed by atoms with van der Waals surface area (Å²) in [6.45, 7) is 0. The van der Waals surface area contributed by atoms with E-state index < -0.39 is 0 Å². The van der Waals surface area contributed by atoms with Crippen molar-refractivity contribution in [2.45, 2.75) is 5.03 Å². The SMILES string of the molecule is Sc1nsnc1-c1c(Cl)cccc1Cl. The highest BCUT2D eigenvalue weighted by atomic mass is 35.5. The van der Waals surface area contributed by atoms with Crippen molar-refractivity contribution in [2.75, 3.05) is 0 Å². The fourth-order valence-electron chi connectivity index (χ4n) is 1.07. The van der Waals surface area contributed by atoms with Crippen LogP contribution in [0.3, 0.4) is 0 Å². The van der Waals surface area contributed by atoms with Crippen molar-refractivity contribution in [3.05, 3.63) is 28.2 Å². The largest absolute Gasteiger partial charge is 0.172 e. The highest BCUT2D eigenvalue weighted by molar-refractivity contribution is 7.80. The second-order valence-corrected chi connectivity index (χ2v) is 4.30. The van der Waals surface area contributed by atoms with E-state index in [0.29, 0.717) is 26.3 Å². The number of hydrogen-bond acceptors (Lipinski definition) is 4. The zero-order chi connectivity index (χ0) is 10.1. The van der Waals surface area contributed by atoms with Crippen LogP contribution in [0.1, 0.15) is 0 Å². The molecule has 0 aliphatic heterocycles. The molecule has 1 aromatic carbocycles. The predicted molar refractivity (Wildman–Crippen MR) is 62.6 cm³/mol. The molecule has 0 fully saturated rings. The molecule has 1 heterocycles. The fraction of sp³-hybridized carbons (Fsp3) is 0. The zero-order valence-corrected chi connectivity index (χ0v) is 9.96. The molecule has 0 saturated heterocycles. The summed E-state index contributed by atoms with van der Waals surface area (Å²) in [6, 6.07) is 5.30. The smallest absolute Gasteiger partial charge is 0.135 e. The van der Waals surface area contributed by atoms with Crippen molar-refractivity contribution in [2.24, 2.45) is 0 Å². The molecule has 0 atom stereocenters. The second-order valence-electron chi connectivity index (χ2n) is 2.53. The Morgan fingerprint density at radius 3 is 2.29 bits per heavy atom. The number of nitrogens with zero attached hydrogens (tertiary/aromatic N) is 2. The van der Waals surface area contributed by atoms with Gasteiger partial charge in [-0.15, -0.1) is 12.6 Å². The van der Waals surface area contributed by atoms with Gasteiger partial charge in [0, 0.05) is 5.56 Å². The summed E-state index contributed by atoms with van der Waals surface area (Å²) < 4.78 is 8.05. The summed E-state index contributed by atoms with van der Waals surface area (Å²) in [4.78, 5) is 0. The van der Waals surface area contributed by atoms with Crippen LogP contribution in [0.5, 0.6) is 0 Å². The fourth-order valence-corrected chi connectivity index (χ4v) is 2.44. The van der Waals surface area contributed by atoms with Crippen LogP contribution in [0, 0.1) is 0 Å². The highest BCUT2D eigenvalue weighted by Crippen LogP contribution is 2.36. The second kappa shape index (κ2) is 4.06. The van der Waals surface area contributed by atoms with Crippen LogP contribution in [-0.2, 0) is 0 Å². The molecule has 14 heavy (non-hydrogen) atoms. The summed E-state index contributed by atoms with van der Waals surface area (Å²) in [5.41, 5.74) is 1.32. The maximum atomic E-state index is 6.01. The average Bonchev–Trinajstić information content (AvgIpc) is 2.52. The van der Waals surface area contributed by atoms with Gasteiger partial charge in [-0.25, -0.2) is 0 Å². The number of aromatic nitrogens is 2. The Labute approximate surface area is 101 Å². The van der Waals surface area contributed by atoms with Gasteiger partial charge in [0.15, 0.2) is 0 Å². The van der Waals surface area contributed by atoms with Gasteiger partial charge < -0.3 is 0 Å². The van der Waals surface area contributed by atoms with Gasteiger partial charge in [-0.2, -0.15) is 8.75 Å². The van der Waals surface area contributed by atoms with Gasteiger partial charge in [-0.3, -0.25) is 0 Å². The van der Waals surface area contributed by atoms with Gasteiger partial charge in [-0.1, -0.05) is 29.3 Å². The van der Waals surface area contributed by atoms with Crippen LogP contribution < -0.4 is 0 Å². The lowest BCUT2D eigenvalue weighted by Gasteiger charge is -2.02. The van der Waals surface area contributed by atoms with E-state index in [0.717, 1.165) is 11.7 Å². The van der Waals surface area contributed by atoms with Crippen LogP contribution >= 0.6 is 47.6 Å². The quantitative estimate of drug-likeness (QED) is 0.792. The molecule has 1 aromatic heterocycles. The van der Waals surface area contributed by atoms with Crippen LogP contribution in [0.2, 0.25) is 10.0 Å². The van der Waals surface area contributed by atoms with E-state index in [1.54, 1.807) is 18.2 Å². The van der Waals surface area contributed by atoms with Gasteiger partial charge in [-0.05, 0) is 12.1 Å². The lowest BCUT2D eigenvalue weighted by Crippen LogP contribution is -1.82. The first kappa shape index (κ1) is 10.2. The number of hydrogen-bond donors (Lipinski definition) is 1. The number of rotatable bonds is 1. The Bertz CT molecular complexity index is 450. The first-order valence-corrected chi connectivity index (χ1v) is 5.59. The first-order chi connectivity index (χ1) is 6.70. The van der Waals surface area contributed by atoms with Crippen molar-refractivity contribution >= 4 is 47.6 Å². The minimum absolute atomic E-state index is 0.546. The van der Waals surface area contributed by atoms with E-state index in [1.165, 1.54) is 0 Å². The zero-order valence-electron chi connectivity index (χ0n) is 6.74. The number of halogens is 2. The maximum absolute atomic E-state index is 6.01. The van der Waals surface area contributed by atoms with Crippen LogP contribution in [0.4, 0.5) is 0 Å². The molecule has 0 saturated carbocycles. The molecule has 72 valence electrons. The molecule has 0 aliphatic carbocycles. The molecule has 6 heteroatoms. The molecule has 2 aromatic rings. The van der Waals surface area contributed by atoms with Crippen LogP contribution in [0.25, 0.3) is 11.3 Å². The van der Waals surface area contributed by atoms with Gasteiger partial charge in [0.2, 0.25) is 0 Å². The molecular weight excluding hydrogens is 259 g/mol. The van der Waals surface area contributed by atoms with E-state index in [9.17, 15) is 0 Å². The topological polar surface area (TPSA) is 25.8 Å². The van der Waals surface area contributed by atoms with Crippen LogP contribution in [-0.4, -0.2) is 8.75 Å². The van der Waals surface area contributed by atoms with Crippen molar-refractivity contribution in [1.82, 2.24) is 8.75 Å². The molecule has 0 aliphatic rings. The van der Waals surface area contributed by atoms with Crippen molar-refractivity contribution in [3.8, 4) is 11.3 Å². The molecule has 0 unspecified atom stereocenters. The normalized spacial score (nSPS) is 10.5. The Morgan fingerprint density at radius 2 is 1.79 bits per heavy atom. The van der Waals surface area contributed by atoms with Gasteiger partial charge >= 0.3 is 0 Å². The summed E-state index contributed by atoms with van der Waals surface area (Å²) >= 11 is 17.3. The number of thiol groups is 1. The third-order valence-corrected chi connectivity index (χ3v) is 3.28. The molecule has 0 bridgehead atoms. The maximum Gasteiger partial charge on any atom is 0.135 e. The minimum Gasteiger partial charge on any atom is -0.172 e. The Kier molecular flexibility index (Phi) is 2.97. The molecule has 0 radical (unpaired) electrons. The number of benzene rings is 1. The van der Waals surface area contributed by atoms with E-state index >= 15 is 0 Å². The highest BCUT2D eigenvalue weighted by Gasteiger charge is 2.14. The Hall–Kier alpha value is -0.290. The van der Waals surface area contributed by atoms with Gasteiger partial charge in [0.25, 0.3) is 0 Å². The summed E-state index contributed by atoms with van der Waals surface area (Å²) in [7, 11) is 0. The molecule has 0 spiro atoms. The van der Waals surface area contributed by atoms with E-state index in [4.69, 9.17) is 23.2 Å². The summed E-state index contributed by atoms with van der Waals surface area (Å²) in [6.07, 6.45) is 0. The molecular formula is C8H4Cl2N2S2. The third kappa shape index (κ3) is 1.75. The van der Waals surface area contributed by atoms with Gasteiger partial charge in [0.1, 0.15) is 10.7 Å². The van der Waals surface area contributed by atoms with E-state index in [1.807, 2.05) is 0 Å². The monoisotopic (exact) mass is 262 g/mol. The average molecular weight is 263 g/mol. The molecule has 0 N–H and O–H groups in total. The molecule has 2 rings (SSSR count). The predicted octanol–water partition coefficient (Wildman–Crippen LogP) is 3.80.